The molecule has 0 saturated carbocycles. The van der Waals surface area contributed by atoms with Crippen LogP contribution in [0.25, 0.3) is 5.76 Å². The number of carbonyl (C=O) groups is 2. The molecule has 1 N–H and O–H groups in total. The summed E-state index contributed by atoms with van der Waals surface area (Å²) in [6.45, 7) is 5.68. The number of Topliss-reactive ketones (excluding diaryl/α,β-unsaturated/α-hetero) is 1. The van der Waals surface area contributed by atoms with Crippen LogP contribution < -0.4 is 9.64 Å². The number of aliphatic hydroxyl groups is 1. The lowest BCUT2D eigenvalue weighted by molar-refractivity contribution is -0.132. The van der Waals surface area contributed by atoms with Crippen molar-refractivity contribution in [2.45, 2.75) is 32.9 Å². The molecule has 1 fully saturated rings. The zero-order valence-corrected chi connectivity index (χ0v) is 18.6. The van der Waals surface area contributed by atoms with Gasteiger partial charge in [-0.05, 0) is 68.3 Å². The van der Waals surface area contributed by atoms with Crippen LogP contribution in [-0.4, -0.2) is 22.9 Å². The van der Waals surface area contributed by atoms with E-state index in [1.54, 1.807) is 48.5 Å². The fourth-order valence-electron chi connectivity index (χ4n) is 4.01. The number of nitrogens with zero attached hydrogens (tertiary/aromatic N) is 1. The molecule has 1 atom stereocenters. The lowest BCUT2D eigenvalue weighted by Crippen LogP contribution is -2.29. The van der Waals surface area contributed by atoms with Crippen LogP contribution in [0.15, 0.2) is 78.4 Å². The van der Waals surface area contributed by atoms with Gasteiger partial charge in [0.2, 0.25) is 0 Å². The molecule has 1 aliphatic rings. The Morgan fingerprint density at radius 1 is 1.00 bits per heavy atom. The highest BCUT2D eigenvalue weighted by Crippen LogP contribution is 2.42. The number of anilines is 1. The van der Waals surface area contributed by atoms with Gasteiger partial charge in [0.1, 0.15) is 17.3 Å². The van der Waals surface area contributed by atoms with Crippen LogP contribution in [0.3, 0.4) is 0 Å². The molecule has 0 aromatic heterocycles. The van der Waals surface area contributed by atoms with Crippen LogP contribution in [0, 0.1) is 12.7 Å². The maximum atomic E-state index is 14.0. The van der Waals surface area contributed by atoms with Gasteiger partial charge < -0.3 is 9.84 Å². The predicted molar refractivity (Wildman–Crippen MR) is 125 cm³/mol. The Morgan fingerprint density at radius 2 is 1.73 bits per heavy atom. The van der Waals surface area contributed by atoms with E-state index in [4.69, 9.17) is 4.74 Å². The van der Waals surface area contributed by atoms with E-state index in [2.05, 4.69) is 0 Å². The second-order valence-electron chi connectivity index (χ2n) is 8.21. The number of rotatable bonds is 5. The van der Waals surface area contributed by atoms with Gasteiger partial charge in [-0.3, -0.25) is 14.5 Å². The zero-order chi connectivity index (χ0) is 23.7. The Kier molecular flexibility index (Phi) is 6.01. The summed E-state index contributed by atoms with van der Waals surface area (Å²) >= 11 is 0. The smallest absolute Gasteiger partial charge is 0.300 e. The molecule has 4 rings (SSSR count). The number of halogens is 1. The van der Waals surface area contributed by atoms with Gasteiger partial charge in [0.05, 0.1) is 17.7 Å². The summed E-state index contributed by atoms with van der Waals surface area (Å²) in [6.07, 6.45) is -0.0159. The van der Waals surface area contributed by atoms with Crippen LogP contribution >= 0.6 is 0 Å². The van der Waals surface area contributed by atoms with Crippen molar-refractivity contribution in [1.82, 2.24) is 0 Å². The normalized spacial score (nSPS) is 17.6. The molecule has 1 saturated heterocycles. The Balaban J connectivity index is 1.88. The highest BCUT2D eigenvalue weighted by molar-refractivity contribution is 6.51. The second-order valence-corrected chi connectivity index (χ2v) is 8.21. The van der Waals surface area contributed by atoms with E-state index in [-0.39, 0.29) is 23.1 Å². The number of carbonyl (C=O) groups excluding carboxylic acids is 2. The molecule has 6 heteroatoms. The minimum Gasteiger partial charge on any atom is -0.507 e. The maximum Gasteiger partial charge on any atom is 0.300 e. The molecule has 0 bridgehead atoms. The summed E-state index contributed by atoms with van der Waals surface area (Å²) in [5.41, 5.74) is 1.98. The Bertz CT molecular complexity index is 1250. The summed E-state index contributed by atoms with van der Waals surface area (Å²) in [6, 6.07) is 18.6. The largest absolute Gasteiger partial charge is 0.507 e. The van der Waals surface area contributed by atoms with Gasteiger partial charge in [0, 0.05) is 11.3 Å². The summed E-state index contributed by atoms with van der Waals surface area (Å²) < 4.78 is 19.7. The van der Waals surface area contributed by atoms with Gasteiger partial charge in [-0.25, -0.2) is 4.39 Å². The van der Waals surface area contributed by atoms with Crippen molar-refractivity contribution in [3.63, 3.8) is 0 Å². The van der Waals surface area contributed by atoms with Crippen molar-refractivity contribution < 1.29 is 23.8 Å². The van der Waals surface area contributed by atoms with Crippen LogP contribution in [0.1, 0.15) is 36.6 Å². The van der Waals surface area contributed by atoms with Crippen molar-refractivity contribution in [3.05, 3.63) is 101 Å². The first-order valence-electron chi connectivity index (χ1n) is 10.7. The van der Waals surface area contributed by atoms with E-state index in [0.717, 1.165) is 5.56 Å². The van der Waals surface area contributed by atoms with Crippen LogP contribution in [0.5, 0.6) is 5.75 Å². The average molecular weight is 445 g/mol. The number of benzene rings is 3. The molecule has 1 unspecified atom stereocenters. The molecule has 3 aromatic rings. The van der Waals surface area contributed by atoms with Crippen LogP contribution in [-0.2, 0) is 9.59 Å². The van der Waals surface area contributed by atoms with Crippen molar-refractivity contribution in [2.75, 3.05) is 4.90 Å². The third kappa shape index (κ3) is 4.24. The number of ether oxygens (including phenoxy) is 1. The fraction of sp³-hybridized carbons (Fsp3) is 0.185. The minimum absolute atomic E-state index is 0.0159. The zero-order valence-electron chi connectivity index (χ0n) is 18.6. The standard InChI is InChI=1S/C27H24FNO4/c1-16(2)33-22-13-12-19(14-17(22)3)25(30)23-24(18-8-5-4-6-9-18)29(27(32)26(23)31)21-11-7-10-20(28)15-21/h4-16,24,30H,1-3H3/b25-23-. The lowest BCUT2D eigenvalue weighted by atomic mass is 9.94. The molecule has 1 amide bonds. The van der Waals surface area contributed by atoms with Gasteiger partial charge in [0.25, 0.3) is 11.7 Å². The first-order chi connectivity index (χ1) is 15.8. The van der Waals surface area contributed by atoms with E-state index in [9.17, 15) is 19.1 Å². The van der Waals surface area contributed by atoms with Gasteiger partial charge in [0.15, 0.2) is 0 Å². The monoisotopic (exact) mass is 445 g/mol. The SMILES string of the molecule is Cc1cc(/C(O)=C2/C(=O)C(=O)N(c3cccc(F)c3)C2c2ccccc2)ccc1OC(C)C. The maximum absolute atomic E-state index is 14.0. The Morgan fingerprint density at radius 3 is 2.36 bits per heavy atom. The molecule has 168 valence electrons. The van der Waals surface area contributed by atoms with E-state index >= 15 is 0 Å². The first-order valence-corrected chi connectivity index (χ1v) is 10.7. The molecule has 5 nitrogen and oxygen atoms in total. The molecule has 0 aliphatic carbocycles. The lowest BCUT2D eigenvalue weighted by Gasteiger charge is -2.25. The third-order valence-corrected chi connectivity index (χ3v) is 5.46. The molecule has 33 heavy (non-hydrogen) atoms. The first kappa shape index (κ1) is 22.3. The molecular formula is C27H24FNO4. The summed E-state index contributed by atoms with van der Waals surface area (Å²) in [5, 5.41) is 11.2. The van der Waals surface area contributed by atoms with E-state index < -0.39 is 23.5 Å². The number of hydrogen-bond acceptors (Lipinski definition) is 4. The van der Waals surface area contributed by atoms with Gasteiger partial charge in [-0.1, -0.05) is 36.4 Å². The Hall–Kier alpha value is -3.93. The predicted octanol–water partition coefficient (Wildman–Crippen LogP) is 5.55. The summed E-state index contributed by atoms with van der Waals surface area (Å²) in [7, 11) is 0. The molecule has 1 aliphatic heterocycles. The quantitative estimate of drug-likeness (QED) is 0.318. The van der Waals surface area contributed by atoms with E-state index in [1.165, 1.54) is 23.1 Å². The van der Waals surface area contributed by atoms with Crippen molar-refractivity contribution in [2.24, 2.45) is 0 Å². The molecular weight excluding hydrogens is 421 g/mol. The van der Waals surface area contributed by atoms with Gasteiger partial charge >= 0.3 is 0 Å². The number of hydrogen-bond donors (Lipinski definition) is 1. The average Bonchev–Trinajstić information content (AvgIpc) is 3.05. The van der Waals surface area contributed by atoms with Crippen molar-refractivity contribution >= 4 is 23.1 Å². The number of aliphatic hydroxyl groups excluding tert-OH is 1. The summed E-state index contributed by atoms with van der Waals surface area (Å²) in [4.78, 5) is 27.5. The number of ketones is 1. The van der Waals surface area contributed by atoms with Crippen molar-refractivity contribution in [1.29, 1.82) is 0 Å². The molecule has 3 aromatic carbocycles. The van der Waals surface area contributed by atoms with Crippen molar-refractivity contribution in [3.8, 4) is 5.75 Å². The fourth-order valence-corrected chi connectivity index (χ4v) is 4.01. The molecule has 0 spiro atoms. The number of amides is 1. The van der Waals surface area contributed by atoms with Crippen LogP contribution in [0.4, 0.5) is 10.1 Å². The molecule has 0 radical (unpaired) electrons. The third-order valence-electron chi connectivity index (χ3n) is 5.46. The van der Waals surface area contributed by atoms with Gasteiger partial charge in [-0.15, -0.1) is 0 Å². The minimum atomic E-state index is -0.903. The van der Waals surface area contributed by atoms with E-state index in [0.29, 0.717) is 16.9 Å². The summed E-state index contributed by atoms with van der Waals surface area (Å²) in [5.74, 6) is -1.81. The Labute approximate surface area is 191 Å². The van der Waals surface area contributed by atoms with E-state index in [1.807, 2.05) is 26.8 Å². The molecule has 1 heterocycles. The second kappa shape index (κ2) is 8.90. The number of aryl methyl sites for hydroxylation is 1. The van der Waals surface area contributed by atoms with Gasteiger partial charge in [-0.2, -0.15) is 0 Å². The van der Waals surface area contributed by atoms with Crippen LogP contribution in [0.2, 0.25) is 0 Å². The highest BCUT2D eigenvalue weighted by Gasteiger charge is 2.47. The topological polar surface area (TPSA) is 66.8 Å². The highest BCUT2D eigenvalue weighted by atomic mass is 19.1.